The van der Waals surface area contributed by atoms with Gasteiger partial charge in [-0.05, 0) is 70.6 Å². The quantitative estimate of drug-likeness (QED) is 0.0275. The first-order valence-electron chi connectivity index (χ1n) is 20.3. The third-order valence-electron chi connectivity index (χ3n) is 8.12. The molecule has 0 bridgehead atoms. The number of carbonyl (C=O) groups excluding carboxylic acids is 2. The number of ether oxygens (including phenoxy) is 2. The molecule has 10 heteroatoms. The van der Waals surface area contributed by atoms with Crippen LogP contribution in [0.1, 0.15) is 162 Å². The molecule has 52 heavy (non-hydrogen) atoms. The lowest BCUT2D eigenvalue weighted by Gasteiger charge is -2.19. The van der Waals surface area contributed by atoms with Gasteiger partial charge in [-0.2, -0.15) is 0 Å². The predicted octanol–water partition coefficient (Wildman–Crippen LogP) is 11.3. The van der Waals surface area contributed by atoms with Gasteiger partial charge in [0.15, 0.2) is 6.10 Å². The smallest absolute Gasteiger partial charge is 0.462 e. The second-order valence-corrected chi connectivity index (χ2v) is 14.6. The van der Waals surface area contributed by atoms with E-state index < -0.39 is 32.5 Å². The molecule has 0 aromatic rings. The van der Waals surface area contributed by atoms with Crippen LogP contribution in [-0.2, 0) is 32.7 Å². The number of esters is 2. The Hall–Kier alpha value is -2.29. The molecule has 0 aromatic carbocycles. The highest BCUT2D eigenvalue weighted by atomic mass is 31.2. The molecule has 0 heterocycles. The van der Waals surface area contributed by atoms with Gasteiger partial charge in [0.05, 0.1) is 13.2 Å². The maximum atomic E-state index is 12.6. The summed E-state index contributed by atoms with van der Waals surface area (Å²) >= 11 is 0. The molecule has 0 rings (SSSR count). The monoisotopic (exact) mass is 752 g/mol. The summed E-state index contributed by atoms with van der Waals surface area (Å²) in [6, 6.07) is 0. The molecule has 0 fully saturated rings. The first-order chi connectivity index (χ1) is 25.3. The topological polar surface area (TPSA) is 134 Å². The highest BCUT2D eigenvalue weighted by molar-refractivity contribution is 7.47. The van der Waals surface area contributed by atoms with Crippen LogP contribution in [-0.4, -0.2) is 49.3 Å². The Kier molecular flexibility index (Phi) is 36.7. The van der Waals surface area contributed by atoms with Crippen molar-refractivity contribution in [2.75, 3.05) is 26.4 Å². The zero-order valence-corrected chi connectivity index (χ0v) is 33.7. The van der Waals surface area contributed by atoms with E-state index in [0.717, 1.165) is 96.3 Å². The molecule has 0 saturated carbocycles. The van der Waals surface area contributed by atoms with E-state index in [1.807, 2.05) is 0 Å². The first-order valence-corrected chi connectivity index (χ1v) is 21.8. The molecule has 0 aliphatic heterocycles. The molecular weight excluding hydrogens is 677 g/mol. The van der Waals surface area contributed by atoms with E-state index in [4.69, 9.17) is 24.3 Å². The molecule has 0 spiro atoms. The zero-order valence-electron chi connectivity index (χ0n) is 32.8. The van der Waals surface area contributed by atoms with E-state index in [9.17, 15) is 19.0 Å². The van der Waals surface area contributed by atoms with E-state index in [2.05, 4.69) is 74.6 Å². The van der Waals surface area contributed by atoms with Crippen molar-refractivity contribution in [2.45, 2.75) is 168 Å². The van der Waals surface area contributed by atoms with Crippen LogP contribution < -0.4 is 5.73 Å². The summed E-state index contributed by atoms with van der Waals surface area (Å²) in [7, 11) is -4.38. The number of phosphoric acid groups is 1. The summed E-state index contributed by atoms with van der Waals surface area (Å²) in [6.07, 6.45) is 44.0. The van der Waals surface area contributed by atoms with E-state index in [1.165, 1.54) is 32.1 Å². The van der Waals surface area contributed by atoms with E-state index in [-0.39, 0.29) is 32.6 Å². The van der Waals surface area contributed by atoms with Crippen molar-refractivity contribution < 1.29 is 37.6 Å². The Morgan fingerprint density at radius 2 is 1.06 bits per heavy atom. The number of nitrogens with two attached hydrogens (primary N) is 1. The molecule has 2 unspecified atom stereocenters. The second kappa shape index (κ2) is 38.4. The van der Waals surface area contributed by atoms with Crippen LogP contribution in [0, 0.1) is 0 Å². The maximum absolute atomic E-state index is 12.6. The highest BCUT2D eigenvalue weighted by Crippen LogP contribution is 2.43. The molecule has 2 atom stereocenters. The number of hydrogen-bond donors (Lipinski definition) is 2. The minimum Gasteiger partial charge on any atom is -0.462 e. The molecule has 9 nitrogen and oxygen atoms in total. The predicted molar refractivity (Wildman–Crippen MR) is 215 cm³/mol. The van der Waals surface area contributed by atoms with Gasteiger partial charge in [0, 0.05) is 19.4 Å². The average molecular weight is 752 g/mol. The van der Waals surface area contributed by atoms with Crippen LogP contribution in [0.15, 0.2) is 60.8 Å². The SMILES string of the molecule is CC/C=C\C/C=C\C/C=C\C/C=C\CCCCCCCCCCC(=O)OC(COC(=O)CCCCCCC/C=C\CCC)COP(=O)(O)OCCN. The van der Waals surface area contributed by atoms with Crippen molar-refractivity contribution in [3.63, 3.8) is 0 Å². The van der Waals surface area contributed by atoms with E-state index in [0.29, 0.717) is 6.42 Å². The Morgan fingerprint density at radius 3 is 1.60 bits per heavy atom. The van der Waals surface area contributed by atoms with Crippen molar-refractivity contribution in [2.24, 2.45) is 5.73 Å². The molecule has 0 amide bonds. The Morgan fingerprint density at radius 1 is 0.596 bits per heavy atom. The van der Waals surface area contributed by atoms with Crippen molar-refractivity contribution in [1.29, 1.82) is 0 Å². The molecule has 0 saturated heterocycles. The van der Waals surface area contributed by atoms with Crippen LogP contribution >= 0.6 is 7.82 Å². The Balaban J connectivity index is 4.16. The fraction of sp³-hybridized carbons (Fsp3) is 0.714. The van der Waals surface area contributed by atoms with Gasteiger partial charge in [0.1, 0.15) is 6.61 Å². The minimum atomic E-state index is -4.38. The van der Waals surface area contributed by atoms with Crippen molar-refractivity contribution >= 4 is 19.8 Å². The van der Waals surface area contributed by atoms with Gasteiger partial charge in [-0.25, -0.2) is 4.57 Å². The van der Waals surface area contributed by atoms with Crippen LogP contribution in [0.25, 0.3) is 0 Å². The lowest BCUT2D eigenvalue weighted by Crippen LogP contribution is -2.29. The Labute approximate surface area is 317 Å². The number of phosphoric ester groups is 1. The van der Waals surface area contributed by atoms with Gasteiger partial charge in [-0.15, -0.1) is 0 Å². The summed E-state index contributed by atoms with van der Waals surface area (Å²) in [5, 5.41) is 0. The Bertz CT molecular complexity index is 1040. The van der Waals surface area contributed by atoms with Gasteiger partial charge in [0.25, 0.3) is 0 Å². The van der Waals surface area contributed by atoms with Crippen LogP contribution in [0.2, 0.25) is 0 Å². The van der Waals surface area contributed by atoms with Crippen molar-refractivity contribution in [1.82, 2.24) is 0 Å². The van der Waals surface area contributed by atoms with Gasteiger partial charge < -0.3 is 20.1 Å². The van der Waals surface area contributed by atoms with E-state index >= 15 is 0 Å². The summed E-state index contributed by atoms with van der Waals surface area (Å²) in [5.74, 6) is -0.856. The third-order valence-corrected chi connectivity index (χ3v) is 9.10. The van der Waals surface area contributed by atoms with Gasteiger partial charge >= 0.3 is 19.8 Å². The summed E-state index contributed by atoms with van der Waals surface area (Å²) in [4.78, 5) is 34.7. The standard InChI is InChI=1S/C42H74NO8P/c1-3-5-7-9-11-13-15-16-17-18-19-20-21-22-23-24-25-27-29-31-33-35-42(45)51-40(39-50-52(46,47)49-37-36-43)38-48-41(44)34-32-30-28-26-14-12-10-8-6-4-2/h5,7-8,10-11,13,16-17,19-20,40H,3-4,6,9,12,14-15,18,21-39,43H2,1-2H3,(H,46,47)/b7-5-,10-8-,13-11-,17-16-,20-19-. The summed E-state index contributed by atoms with van der Waals surface area (Å²) in [6.45, 7) is 3.52. The van der Waals surface area contributed by atoms with Crippen molar-refractivity contribution in [3.8, 4) is 0 Å². The van der Waals surface area contributed by atoms with Crippen LogP contribution in [0.5, 0.6) is 0 Å². The molecule has 3 N–H and O–H groups in total. The third kappa shape index (κ3) is 37.5. The lowest BCUT2D eigenvalue weighted by molar-refractivity contribution is -0.161. The van der Waals surface area contributed by atoms with Gasteiger partial charge in [-0.1, -0.05) is 139 Å². The molecule has 0 radical (unpaired) electrons. The fourth-order valence-electron chi connectivity index (χ4n) is 5.16. The highest BCUT2D eigenvalue weighted by Gasteiger charge is 2.25. The largest absolute Gasteiger partial charge is 0.472 e. The average Bonchev–Trinajstić information content (AvgIpc) is 3.13. The number of carbonyl (C=O) groups is 2. The van der Waals surface area contributed by atoms with Gasteiger partial charge in [0.2, 0.25) is 0 Å². The minimum absolute atomic E-state index is 0.0482. The molecule has 0 aliphatic carbocycles. The summed E-state index contributed by atoms with van der Waals surface area (Å²) < 4.78 is 32.7. The number of rotatable bonds is 37. The molecule has 0 aliphatic rings. The number of allylic oxidation sites excluding steroid dienone is 10. The summed E-state index contributed by atoms with van der Waals surface area (Å²) in [5.41, 5.74) is 5.33. The normalized spacial score (nSPS) is 14.0. The van der Waals surface area contributed by atoms with Gasteiger partial charge in [-0.3, -0.25) is 18.6 Å². The van der Waals surface area contributed by atoms with Crippen LogP contribution in [0.4, 0.5) is 0 Å². The lowest BCUT2D eigenvalue weighted by atomic mass is 10.1. The molecular formula is C42H74NO8P. The van der Waals surface area contributed by atoms with Crippen LogP contribution in [0.3, 0.4) is 0 Å². The number of unbranched alkanes of at least 4 members (excludes halogenated alkanes) is 14. The zero-order chi connectivity index (χ0) is 38.2. The number of hydrogen-bond acceptors (Lipinski definition) is 8. The molecule has 300 valence electrons. The van der Waals surface area contributed by atoms with E-state index in [1.54, 1.807) is 0 Å². The second-order valence-electron chi connectivity index (χ2n) is 13.1. The molecule has 0 aromatic heterocycles. The van der Waals surface area contributed by atoms with Crippen molar-refractivity contribution in [3.05, 3.63) is 60.8 Å². The fourth-order valence-corrected chi connectivity index (χ4v) is 5.92. The first kappa shape index (κ1) is 49.7. The maximum Gasteiger partial charge on any atom is 0.472 e.